The van der Waals surface area contributed by atoms with Crippen molar-refractivity contribution in [3.05, 3.63) is 65.5 Å². The van der Waals surface area contributed by atoms with E-state index in [0.29, 0.717) is 12.1 Å². The Kier molecular flexibility index (Phi) is 4.44. The Hall–Kier alpha value is -2.34. The summed E-state index contributed by atoms with van der Waals surface area (Å²) in [4.78, 5) is 6.76. The zero-order chi connectivity index (χ0) is 18.1. The Morgan fingerprint density at radius 2 is 1.81 bits per heavy atom. The summed E-state index contributed by atoms with van der Waals surface area (Å²) < 4.78 is 44.4. The molecule has 1 fully saturated rings. The third kappa shape index (κ3) is 3.60. The lowest BCUT2D eigenvalue weighted by Gasteiger charge is -2.30. The zero-order valence-electron chi connectivity index (χ0n) is 14.2. The van der Waals surface area contributed by atoms with E-state index in [1.807, 2.05) is 24.3 Å². The number of benzene rings is 2. The maximum atomic E-state index is 12.8. The first-order chi connectivity index (χ1) is 12.5. The minimum absolute atomic E-state index is 0.264. The molecule has 1 saturated heterocycles. The van der Waals surface area contributed by atoms with Gasteiger partial charge in [0.1, 0.15) is 5.52 Å². The van der Waals surface area contributed by atoms with Crippen LogP contribution in [0.25, 0.3) is 11.1 Å². The fourth-order valence-corrected chi connectivity index (χ4v) is 3.51. The summed E-state index contributed by atoms with van der Waals surface area (Å²) in [6.07, 6.45) is -2.51. The third-order valence-corrected chi connectivity index (χ3v) is 4.91. The van der Waals surface area contributed by atoms with E-state index < -0.39 is 11.7 Å². The maximum Gasteiger partial charge on any atom is 0.416 e. The first-order valence-electron chi connectivity index (χ1n) is 8.73. The van der Waals surface area contributed by atoms with E-state index in [4.69, 9.17) is 4.42 Å². The number of fused-ring (bicyclic) bond motifs is 1. The zero-order valence-corrected chi connectivity index (χ0v) is 14.2. The van der Waals surface area contributed by atoms with E-state index in [1.165, 1.54) is 12.1 Å². The lowest BCUT2D eigenvalue weighted by Crippen LogP contribution is -2.32. The van der Waals surface area contributed by atoms with Gasteiger partial charge < -0.3 is 4.42 Å². The van der Waals surface area contributed by atoms with Crippen molar-refractivity contribution >= 4 is 11.1 Å². The summed E-state index contributed by atoms with van der Waals surface area (Å²) in [6.45, 7) is 2.17. The SMILES string of the molecule is FC(F)(F)c1cccc(CN2CCC(c3nc4ccccc4o3)CC2)c1. The molecule has 4 rings (SSSR count). The molecule has 1 aliphatic rings. The average Bonchev–Trinajstić information content (AvgIpc) is 3.06. The van der Waals surface area contributed by atoms with Crippen LogP contribution in [0, 0.1) is 0 Å². The maximum absolute atomic E-state index is 12.8. The number of alkyl halides is 3. The molecule has 136 valence electrons. The number of hydrogen-bond donors (Lipinski definition) is 0. The molecular formula is C20H19F3N2O. The Morgan fingerprint density at radius 1 is 1.04 bits per heavy atom. The Morgan fingerprint density at radius 3 is 2.54 bits per heavy atom. The van der Waals surface area contributed by atoms with Gasteiger partial charge in [0.15, 0.2) is 11.5 Å². The second kappa shape index (κ2) is 6.76. The summed E-state index contributed by atoms with van der Waals surface area (Å²) in [5.41, 5.74) is 1.78. The quantitative estimate of drug-likeness (QED) is 0.641. The van der Waals surface area contributed by atoms with Crippen LogP contribution in [0.3, 0.4) is 0 Å². The molecule has 0 unspecified atom stereocenters. The van der Waals surface area contributed by atoms with Crippen molar-refractivity contribution in [3.63, 3.8) is 0 Å². The molecule has 0 radical (unpaired) electrons. The summed E-state index contributed by atoms with van der Waals surface area (Å²) in [5.74, 6) is 1.03. The number of piperidine rings is 1. The van der Waals surface area contributed by atoms with Crippen LogP contribution < -0.4 is 0 Å². The van der Waals surface area contributed by atoms with Gasteiger partial charge in [0, 0.05) is 12.5 Å². The Bertz CT molecular complexity index is 862. The molecule has 0 aliphatic carbocycles. The van der Waals surface area contributed by atoms with Crippen LogP contribution in [0.2, 0.25) is 0 Å². The molecule has 0 atom stereocenters. The summed E-state index contributed by atoms with van der Waals surface area (Å²) >= 11 is 0. The third-order valence-electron chi connectivity index (χ3n) is 4.91. The number of halogens is 3. The highest BCUT2D eigenvalue weighted by atomic mass is 19.4. The average molecular weight is 360 g/mol. The second-order valence-electron chi connectivity index (χ2n) is 6.77. The lowest BCUT2D eigenvalue weighted by atomic mass is 9.96. The first kappa shape index (κ1) is 17.1. The molecule has 3 nitrogen and oxygen atoms in total. The molecule has 0 N–H and O–H groups in total. The van der Waals surface area contributed by atoms with Crippen molar-refractivity contribution in [2.24, 2.45) is 0 Å². The highest BCUT2D eigenvalue weighted by Gasteiger charge is 2.30. The van der Waals surface area contributed by atoms with Crippen molar-refractivity contribution in [1.29, 1.82) is 0 Å². The van der Waals surface area contributed by atoms with Crippen molar-refractivity contribution in [3.8, 4) is 0 Å². The molecule has 1 aliphatic heterocycles. The summed E-state index contributed by atoms with van der Waals surface area (Å²) in [6, 6.07) is 13.3. The molecule has 2 heterocycles. The van der Waals surface area contributed by atoms with Gasteiger partial charge in [0.05, 0.1) is 5.56 Å². The predicted octanol–water partition coefficient (Wildman–Crippen LogP) is 5.23. The van der Waals surface area contributed by atoms with Gasteiger partial charge in [-0.3, -0.25) is 4.90 Å². The lowest BCUT2D eigenvalue weighted by molar-refractivity contribution is -0.137. The second-order valence-corrected chi connectivity index (χ2v) is 6.77. The van der Waals surface area contributed by atoms with Crippen LogP contribution in [0.5, 0.6) is 0 Å². The Labute approximate surface area is 149 Å². The molecular weight excluding hydrogens is 341 g/mol. The number of rotatable bonds is 3. The molecule has 6 heteroatoms. The van der Waals surface area contributed by atoms with Gasteiger partial charge in [-0.05, 0) is 49.7 Å². The van der Waals surface area contributed by atoms with Crippen LogP contribution >= 0.6 is 0 Å². The number of para-hydroxylation sites is 2. The van der Waals surface area contributed by atoms with E-state index in [-0.39, 0.29) is 5.92 Å². The van der Waals surface area contributed by atoms with E-state index in [1.54, 1.807) is 6.07 Å². The highest BCUT2D eigenvalue weighted by molar-refractivity contribution is 5.72. The van der Waals surface area contributed by atoms with E-state index in [9.17, 15) is 13.2 Å². The molecule has 2 aromatic carbocycles. The van der Waals surface area contributed by atoms with Gasteiger partial charge >= 0.3 is 6.18 Å². The van der Waals surface area contributed by atoms with Crippen LogP contribution in [-0.4, -0.2) is 23.0 Å². The normalized spacial score (nSPS) is 17.0. The molecule has 0 bridgehead atoms. The highest BCUT2D eigenvalue weighted by Crippen LogP contribution is 2.32. The van der Waals surface area contributed by atoms with Crippen molar-refractivity contribution in [2.75, 3.05) is 13.1 Å². The smallest absolute Gasteiger partial charge is 0.416 e. The van der Waals surface area contributed by atoms with Gasteiger partial charge in [-0.2, -0.15) is 13.2 Å². The molecule has 0 saturated carbocycles. The number of aromatic nitrogens is 1. The van der Waals surface area contributed by atoms with Gasteiger partial charge in [-0.1, -0.05) is 30.3 Å². The number of oxazole rings is 1. The van der Waals surface area contributed by atoms with E-state index >= 15 is 0 Å². The fraction of sp³-hybridized carbons (Fsp3) is 0.350. The Balaban J connectivity index is 1.39. The predicted molar refractivity (Wildman–Crippen MR) is 92.7 cm³/mol. The van der Waals surface area contributed by atoms with Crippen LogP contribution in [-0.2, 0) is 12.7 Å². The van der Waals surface area contributed by atoms with Gasteiger partial charge in [-0.15, -0.1) is 0 Å². The topological polar surface area (TPSA) is 29.3 Å². The van der Waals surface area contributed by atoms with Gasteiger partial charge in [0.2, 0.25) is 0 Å². The van der Waals surface area contributed by atoms with Crippen molar-refractivity contribution in [1.82, 2.24) is 9.88 Å². The number of nitrogens with zero attached hydrogens (tertiary/aromatic N) is 2. The number of hydrogen-bond acceptors (Lipinski definition) is 3. The molecule has 0 spiro atoms. The summed E-state index contributed by atoms with van der Waals surface area (Å²) in [5, 5.41) is 0. The van der Waals surface area contributed by atoms with Crippen molar-refractivity contribution < 1.29 is 17.6 Å². The summed E-state index contributed by atoms with van der Waals surface area (Å²) in [7, 11) is 0. The van der Waals surface area contributed by atoms with Crippen LogP contribution in [0.1, 0.15) is 35.8 Å². The molecule has 3 aromatic rings. The minimum Gasteiger partial charge on any atom is -0.440 e. The van der Waals surface area contributed by atoms with Crippen LogP contribution in [0.4, 0.5) is 13.2 Å². The molecule has 26 heavy (non-hydrogen) atoms. The first-order valence-corrected chi connectivity index (χ1v) is 8.73. The van der Waals surface area contributed by atoms with Crippen LogP contribution in [0.15, 0.2) is 52.9 Å². The molecule has 0 amide bonds. The monoisotopic (exact) mass is 360 g/mol. The minimum atomic E-state index is -4.30. The number of likely N-dealkylation sites (tertiary alicyclic amines) is 1. The fourth-order valence-electron chi connectivity index (χ4n) is 3.51. The largest absolute Gasteiger partial charge is 0.440 e. The standard InChI is InChI=1S/C20H19F3N2O/c21-20(22,23)16-5-3-4-14(12-16)13-25-10-8-15(9-11-25)19-24-17-6-1-2-7-18(17)26-19/h1-7,12,15H,8-11,13H2. The van der Waals surface area contributed by atoms with E-state index in [0.717, 1.165) is 49.0 Å². The van der Waals surface area contributed by atoms with Crippen molar-refractivity contribution in [2.45, 2.75) is 31.5 Å². The van der Waals surface area contributed by atoms with Gasteiger partial charge in [0.25, 0.3) is 0 Å². The molecule has 1 aromatic heterocycles. The van der Waals surface area contributed by atoms with Gasteiger partial charge in [-0.25, -0.2) is 4.98 Å². The van der Waals surface area contributed by atoms with E-state index in [2.05, 4.69) is 9.88 Å².